The molecule has 8 heteroatoms. The topological polar surface area (TPSA) is 85.0 Å². The number of rotatable bonds is 6. The summed E-state index contributed by atoms with van der Waals surface area (Å²) in [5.41, 5.74) is 3.66. The molecule has 27 heavy (non-hydrogen) atoms. The molecule has 0 fully saturated rings. The average Bonchev–Trinajstić information content (AvgIpc) is 3.18. The van der Waals surface area contributed by atoms with Crippen molar-refractivity contribution in [2.24, 2.45) is 12.0 Å². The summed E-state index contributed by atoms with van der Waals surface area (Å²) in [7, 11) is 2.02. The molecule has 8 nitrogen and oxygen atoms in total. The fraction of sp³-hybridized carbons (Fsp3) is 0.684. The maximum Gasteiger partial charge on any atom is 0.192 e. The minimum absolute atomic E-state index is 0.142. The maximum atomic E-state index is 4.87. The first-order valence-corrected chi connectivity index (χ1v) is 10.1. The van der Waals surface area contributed by atoms with Crippen molar-refractivity contribution in [3.8, 4) is 0 Å². The lowest BCUT2D eigenvalue weighted by molar-refractivity contribution is 0.397. The van der Waals surface area contributed by atoms with Crippen LogP contribution in [0.3, 0.4) is 0 Å². The highest BCUT2D eigenvalue weighted by atomic mass is 15.4. The SMILES string of the molecule is CCNC(=NCc1c(CC)nn(C)c1CC)NC1CCCn2nc(C)nc21. The van der Waals surface area contributed by atoms with Gasteiger partial charge in [0.05, 0.1) is 18.3 Å². The van der Waals surface area contributed by atoms with Crippen LogP contribution in [0.4, 0.5) is 0 Å². The van der Waals surface area contributed by atoms with Crippen LogP contribution in [-0.4, -0.2) is 37.0 Å². The van der Waals surface area contributed by atoms with Crippen molar-refractivity contribution in [1.29, 1.82) is 0 Å². The Bertz CT molecular complexity index is 801. The van der Waals surface area contributed by atoms with Crippen LogP contribution in [0.15, 0.2) is 4.99 Å². The zero-order valence-corrected chi connectivity index (χ0v) is 17.2. The molecule has 3 rings (SSSR count). The Morgan fingerprint density at radius 2 is 2.04 bits per heavy atom. The third-order valence-corrected chi connectivity index (χ3v) is 5.06. The second kappa shape index (κ2) is 8.54. The number of hydrogen-bond acceptors (Lipinski definition) is 4. The molecule has 0 spiro atoms. The van der Waals surface area contributed by atoms with E-state index in [0.717, 1.165) is 62.1 Å². The molecular formula is C19H32N8. The summed E-state index contributed by atoms with van der Waals surface area (Å²) in [6, 6.07) is 0.142. The highest BCUT2D eigenvalue weighted by molar-refractivity contribution is 5.80. The smallest absolute Gasteiger partial charge is 0.192 e. The number of aromatic nitrogens is 5. The number of aliphatic imine (C=N–C) groups is 1. The summed E-state index contributed by atoms with van der Waals surface area (Å²) >= 11 is 0. The Labute approximate surface area is 161 Å². The predicted octanol–water partition coefficient (Wildman–Crippen LogP) is 2.04. The highest BCUT2D eigenvalue weighted by Crippen LogP contribution is 2.23. The normalized spacial score (nSPS) is 17.1. The molecule has 0 aromatic carbocycles. The van der Waals surface area contributed by atoms with Crippen LogP contribution in [-0.2, 0) is 33.0 Å². The van der Waals surface area contributed by atoms with Gasteiger partial charge in [-0.05, 0) is 39.5 Å². The molecule has 0 saturated carbocycles. The second-order valence-electron chi connectivity index (χ2n) is 6.98. The zero-order valence-electron chi connectivity index (χ0n) is 17.2. The van der Waals surface area contributed by atoms with Crippen molar-refractivity contribution < 1.29 is 0 Å². The number of aryl methyl sites for hydroxylation is 4. The third kappa shape index (κ3) is 4.14. The molecule has 0 saturated heterocycles. The predicted molar refractivity (Wildman–Crippen MR) is 107 cm³/mol. The van der Waals surface area contributed by atoms with Crippen molar-refractivity contribution in [3.05, 3.63) is 28.6 Å². The van der Waals surface area contributed by atoms with Gasteiger partial charge in [0, 0.05) is 31.4 Å². The van der Waals surface area contributed by atoms with E-state index in [1.165, 1.54) is 11.3 Å². The molecule has 0 amide bonds. The summed E-state index contributed by atoms with van der Waals surface area (Å²) in [5, 5.41) is 16.1. The van der Waals surface area contributed by atoms with E-state index >= 15 is 0 Å². The van der Waals surface area contributed by atoms with Crippen LogP contribution >= 0.6 is 0 Å². The van der Waals surface area contributed by atoms with Gasteiger partial charge in [0.15, 0.2) is 5.96 Å². The van der Waals surface area contributed by atoms with Crippen LogP contribution in [0.5, 0.6) is 0 Å². The van der Waals surface area contributed by atoms with Gasteiger partial charge in [0.2, 0.25) is 0 Å². The minimum atomic E-state index is 0.142. The van der Waals surface area contributed by atoms with E-state index in [0.29, 0.717) is 6.54 Å². The van der Waals surface area contributed by atoms with Crippen LogP contribution in [0.25, 0.3) is 0 Å². The van der Waals surface area contributed by atoms with Gasteiger partial charge in [0.25, 0.3) is 0 Å². The van der Waals surface area contributed by atoms with Crippen molar-refractivity contribution in [1.82, 2.24) is 35.2 Å². The molecule has 3 heterocycles. The molecule has 148 valence electrons. The van der Waals surface area contributed by atoms with Crippen LogP contribution in [0.2, 0.25) is 0 Å². The van der Waals surface area contributed by atoms with E-state index < -0.39 is 0 Å². The monoisotopic (exact) mass is 372 g/mol. The zero-order chi connectivity index (χ0) is 19.4. The van der Waals surface area contributed by atoms with Gasteiger partial charge in [-0.25, -0.2) is 14.7 Å². The van der Waals surface area contributed by atoms with Gasteiger partial charge in [-0.3, -0.25) is 4.68 Å². The third-order valence-electron chi connectivity index (χ3n) is 5.06. The van der Waals surface area contributed by atoms with Crippen LogP contribution in [0.1, 0.15) is 68.3 Å². The highest BCUT2D eigenvalue weighted by Gasteiger charge is 2.24. The van der Waals surface area contributed by atoms with Gasteiger partial charge in [-0.1, -0.05) is 13.8 Å². The molecule has 1 aliphatic heterocycles. The lowest BCUT2D eigenvalue weighted by Crippen LogP contribution is -2.41. The van der Waals surface area contributed by atoms with E-state index in [1.54, 1.807) is 0 Å². The molecule has 0 radical (unpaired) electrons. The van der Waals surface area contributed by atoms with Gasteiger partial charge in [-0.2, -0.15) is 10.2 Å². The lowest BCUT2D eigenvalue weighted by atomic mass is 10.1. The first-order chi connectivity index (χ1) is 13.1. The van der Waals surface area contributed by atoms with Crippen LogP contribution in [0, 0.1) is 6.92 Å². The molecule has 1 aliphatic rings. The Morgan fingerprint density at radius 1 is 1.22 bits per heavy atom. The van der Waals surface area contributed by atoms with Crippen molar-refractivity contribution >= 4 is 5.96 Å². The number of nitrogens with zero attached hydrogens (tertiary/aromatic N) is 6. The number of guanidine groups is 1. The largest absolute Gasteiger partial charge is 0.357 e. The quantitative estimate of drug-likeness (QED) is 0.599. The van der Waals surface area contributed by atoms with E-state index in [9.17, 15) is 0 Å². The maximum absolute atomic E-state index is 4.87. The fourth-order valence-corrected chi connectivity index (χ4v) is 3.82. The van der Waals surface area contributed by atoms with E-state index in [-0.39, 0.29) is 6.04 Å². The Kier molecular flexibility index (Phi) is 6.13. The molecule has 2 aromatic heterocycles. The number of hydrogen-bond donors (Lipinski definition) is 2. The first-order valence-electron chi connectivity index (χ1n) is 10.1. The van der Waals surface area contributed by atoms with Crippen molar-refractivity contribution in [2.45, 2.75) is 72.5 Å². The number of fused-ring (bicyclic) bond motifs is 1. The first kappa shape index (κ1) is 19.4. The van der Waals surface area contributed by atoms with Crippen LogP contribution < -0.4 is 10.6 Å². The molecule has 2 aromatic rings. The molecule has 1 unspecified atom stereocenters. The summed E-state index contributed by atoms with van der Waals surface area (Å²) < 4.78 is 4.02. The Morgan fingerprint density at radius 3 is 2.74 bits per heavy atom. The molecule has 0 aliphatic carbocycles. The van der Waals surface area contributed by atoms with Gasteiger partial charge < -0.3 is 10.6 Å². The number of nitrogens with one attached hydrogen (secondary N) is 2. The molecule has 0 bridgehead atoms. The van der Waals surface area contributed by atoms with E-state index in [2.05, 4.69) is 46.6 Å². The van der Waals surface area contributed by atoms with E-state index in [1.807, 2.05) is 23.3 Å². The van der Waals surface area contributed by atoms with E-state index in [4.69, 9.17) is 4.99 Å². The summed E-state index contributed by atoms with van der Waals surface area (Å²) in [6.07, 6.45) is 4.02. The Hall–Kier alpha value is -2.38. The standard InChI is InChI=1S/C19H32N8/c1-6-15-14(17(7-2)26(5)25-15)12-21-19(20-8-3)23-16-10-9-11-27-18(16)22-13(4)24-27/h16H,6-12H2,1-5H3,(H2,20,21,23). The average molecular weight is 373 g/mol. The Balaban J connectivity index is 1.80. The summed E-state index contributed by atoms with van der Waals surface area (Å²) in [5.74, 6) is 2.66. The van der Waals surface area contributed by atoms with Crippen molar-refractivity contribution in [3.63, 3.8) is 0 Å². The second-order valence-corrected chi connectivity index (χ2v) is 6.98. The summed E-state index contributed by atoms with van der Waals surface area (Å²) in [6.45, 7) is 10.7. The lowest BCUT2D eigenvalue weighted by Gasteiger charge is -2.25. The van der Waals surface area contributed by atoms with Gasteiger partial charge in [0.1, 0.15) is 11.6 Å². The van der Waals surface area contributed by atoms with Crippen molar-refractivity contribution in [2.75, 3.05) is 6.54 Å². The molecular weight excluding hydrogens is 340 g/mol. The summed E-state index contributed by atoms with van der Waals surface area (Å²) in [4.78, 5) is 9.49. The molecule has 1 atom stereocenters. The van der Waals surface area contributed by atoms with Gasteiger partial charge >= 0.3 is 0 Å². The molecule has 2 N–H and O–H groups in total. The minimum Gasteiger partial charge on any atom is -0.357 e. The fourth-order valence-electron chi connectivity index (χ4n) is 3.82. The van der Waals surface area contributed by atoms with Gasteiger partial charge in [-0.15, -0.1) is 0 Å².